The Kier molecular flexibility index (Phi) is 5.08. The predicted molar refractivity (Wildman–Crippen MR) is 87.4 cm³/mol. The maximum absolute atomic E-state index is 8.82. The van der Waals surface area contributed by atoms with E-state index in [4.69, 9.17) is 14.7 Å². The average Bonchev–Trinajstić information content (AvgIpc) is 3.21. The largest absolute Gasteiger partial charge is 0.492 e. The molecule has 2 heterocycles. The van der Waals surface area contributed by atoms with E-state index in [0.717, 1.165) is 31.1 Å². The number of aromatic nitrogens is 3. The lowest BCUT2D eigenvalue weighted by Crippen LogP contribution is -2.30. The highest BCUT2D eigenvalue weighted by molar-refractivity contribution is 5.34. The summed E-state index contributed by atoms with van der Waals surface area (Å²) < 4.78 is 13.3. The monoisotopic (exact) mass is 327 g/mol. The molecule has 0 unspecified atom stereocenters. The second-order valence-electron chi connectivity index (χ2n) is 5.89. The number of nitriles is 1. The van der Waals surface area contributed by atoms with E-state index >= 15 is 0 Å². The highest BCUT2D eigenvalue weighted by Crippen LogP contribution is 2.31. The Morgan fingerprint density at radius 2 is 2.12 bits per heavy atom. The lowest BCUT2D eigenvalue weighted by Gasteiger charge is -2.23. The molecule has 0 amide bonds. The molecule has 126 valence electrons. The third-order valence-corrected chi connectivity index (χ3v) is 4.37. The normalized spacial score (nSPS) is 20.9. The predicted octanol–water partition coefficient (Wildman–Crippen LogP) is 1.53. The molecule has 0 bridgehead atoms. The summed E-state index contributed by atoms with van der Waals surface area (Å²) in [4.78, 5) is 2.32. The molecule has 2 atom stereocenters. The van der Waals surface area contributed by atoms with Gasteiger partial charge in [0.25, 0.3) is 0 Å². The number of aryl methyl sites for hydroxylation is 1. The van der Waals surface area contributed by atoms with E-state index in [1.54, 1.807) is 25.6 Å². The van der Waals surface area contributed by atoms with Crippen molar-refractivity contribution in [2.45, 2.75) is 18.6 Å². The minimum absolute atomic E-state index is 0.187. The van der Waals surface area contributed by atoms with Crippen LogP contribution in [0.2, 0.25) is 0 Å². The van der Waals surface area contributed by atoms with Crippen LogP contribution in [0.25, 0.3) is 0 Å². The van der Waals surface area contributed by atoms with Gasteiger partial charge < -0.3 is 14.0 Å². The summed E-state index contributed by atoms with van der Waals surface area (Å²) in [5, 5.41) is 17.0. The van der Waals surface area contributed by atoms with Crippen molar-refractivity contribution in [3.05, 3.63) is 42.0 Å². The molecule has 1 saturated heterocycles. The van der Waals surface area contributed by atoms with Crippen LogP contribution in [0.3, 0.4) is 0 Å². The van der Waals surface area contributed by atoms with Crippen LogP contribution in [-0.4, -0.2) is 52.6 Å². The molecule has 1 aromatic heterocycles. The van der Waals surface area contributed by atoms with E-state index in [-0.39, 0.29) is 12.1 Å². The second-order valence-corrected chi connectivity index (χ2v) is 5.89. The quantitative estimate of drug-likeness (QED) is 0.801. The Hall–Kier alpha value is -2.43. The molecule has 3 rings (SSSR count). The number of methoxy groups -OCH3 is 1. The van der Waals surface area contributed by atoms with Gasteiger partial charge in [-0.1, -0.05) is 0 Å². The van der Waals surface area contributed by atoms with Crippen LogP contribution in [0.5, 0.6) is 5.75 Å². The average molecular weight is 327 g/mol. The molecule has 1 aliphatic heterocycles. The van der Waals surface area contributed by atoms with Crippen molar-refractivity contribution in [1.82, 2.24) is 19.7 Å². The maximum Gasteiger partial charge on any atom is 0.150 e. The third-order valence-electron chi connectivity index (χ3n) is 4.37. The molecule has 7 nitrogen and oxygen atoms in total. The van der Waals surface area contributed by atoms with E-state index in [0.29, 0.717) is 12.2 Å². The van der Waals surface area contributed by atoms with Crippen molar-refractivity contribution in [3.63, 3.8) is 0 Å². The summed E-state index contributed by atoms with van der Waals surface area (Å²) in [7, 11) is 3.70. The van der Waals surface area contributed by atoms with Gasteiger partial charge in [0.1, 0.15) is 24.5 Å². The molecule has 0 spiro atoms. The first-order chi connectivity index (χ1) is 11.7. The minimum atomic E-state index is 0.187. The molecule has 2 aromatic rings. The molecule has 1 aliphatic rings. The second kappa shape index (κ2) is 7.43. The zero-order valence-electron chi connectivity index (χ0n) is 13.9. The van der Waals surface area contributed by atoms with Crippen LogP contribution in [0, 0.1) is 11.3 Å². The van der Waals surface area contributed by atoms with Crippen molar-refractivity contribution in [3.8, 4) is 11.8 Å². The van der Waals surface area contributed by atoms with Gasteiger partial charge in [0.2, 0.25) is 0 Å². The zero-order valence-corrected chi connectivity index (χ0v) is 13.9. The lowest BCUT2D eigenvalue weighted by atomic mass is 10.2. The summed E-state index contributed by atoms with van der Waals surface area (Å²) in [5.41, 5.74) is 0.632. The Bertz CT molecular complexity index is 707. The smallest absolute Gasteiger partial charge is 0.150 e. The fraction of sp³-hybridized carbons (Fsp3) is 0.471. The molecule has 7 heteroatoms. The molecular formula is C17H21N5O2. The van der Waals surface area contributed by atoms with Crippen molar-refractivity contribution in [2.75, 3.05) is 26.8 Å². The van der Waals surface area contributed by atoms with Gasteiger partial charge in [-0.3, -0.25) is 4.90 Å². The summed E-state index contributed by atoms with van der Waals surface area (Å²) in [5.74, 6) is 1.72. The molecule has 0 N–H and O–H groups in total. The third kappa shape index (κ3) is 3.55. The van der Waals surface area contributed by atoms with Crippen molar-refractivity contribution < 1.29 is 9.47 Å². The van der Waals surface area contributed by atoms with Gasteiger partial charge in [-0.05, 0) is 30.7 Å². The van der Waals surface area contributed by atoms with Crippen LogP contribution >= 0.6 is 0 Å². The number of nitrogens with zero attached hydrogens (tertiary/aromatic N) is 5. The standard InChI is InChI=1S/C17H21N5O2/c1-21-12-19-20-17(21)16-9-15(23-2)11-22(16)7-8-24-14-5-3-13(10-18)4-6-14/h3-6,12,15-16H,7-9,11H2,1-2H3/t15-,16+/m1/s1. The molecular weight excluding hydrogens is 306 g/mol. The van der Waals surface area contributed by atoms with E-state index in [2.05, 4.69) is 21.2 Å². The Balaban J connectivity index is 1.59. The summed E-state index contributed by atoms with van der Waals surface area (Å²) in [6, 6.07) is 9.44. The fourth-order valence-corrected chi connectivity index (χ4v) is 3.05. The zero-order chi connectivity index (χ0) is 16.9. The van der Waals surface area contributed by atoms with Gasteiger partial charge in [-0.25, -0.2) is 0 Å². The topological polar surface area (TPSA) is 76.2 Å². The number of benzene rings is 1. The molecule has 24 heavy (non-hydrogen) atoms. The van der Waals surface area contributed by atoms with Gasteiger partial charge in [-0.2, -0.15) is 5.26 Å². The summed E-state index contributed by atoms with van der Waals surface area (Å²) >= 11 is 0. The van der Waals surface area contributed by atoms with Crippen molar-refractivity contribution in [1.29, 1.82) is 5.26 Å². The van der Waals surface area contributed by atoms with Crippen LogP contribution in [0.1, 0.15) is 23.9 Å². The van der Waals surface area contributed by atoms with Crippen LogP contribution in [-0.2, 0) is 11.8 Å². The Morgan fingerprint density at radius 1 is 1.33 bits per heavy atom. The highest BCUT2D eigenvalue weighted by atomic mass is 16.5. The number of ether oxygens (including phenoxy) is 2. The minimum Gasteiger partial charge on any atom is -0.492 e. The molecule has 1 aromatic carbocycles. The Morgan fingerprint density at radius 3 is 2.75 bits per heavy atom. The first-order valence-electron chi connectivity index (χ1n) is 7.95. The van der Waals surface area contributed by atoms with E-state index < -0.39 is 0 Å². The highest BCUT2D eigenvalue weighted by Gasteiger charge is 2.35. The van der Waals surface area contributed by atoms with Gasteiger partial charge in [0, 0.05) is 27.2 Å². The van der Waals surface area contributed by atoms with Gasteiger partial charge in [0.15, 0.2) is 0 Å². The first kappa shape index (κ1) is 16.4. The number of hydrogen-bond donors (Lipinski definition) is 0. The number of hydrogen-bond acceptors (Lipinski definition) is 6. The van der Waals surface area contributed by atoms with Crippen molar-refractivity contribution in [2.24, 2.45) is 7.05 Å². The molecule has 1 fully saturated rings. The molecule has 0 saturated carbocycles. The molecule has 0 aliphatic carbocycles. The summed E-state index contributed by atoms with van der Waals surface area (Å²) in [6.45, 7) is 2.19. The SMILES string of the molecule is CO[C@@H]1C[C@@H](c2nncn2C)N(CCOc2ccc(C#N)cc2)C1. The van der Waals surface area contributed by atoms with E-state index in [1.165, 1.54) is 0 Å². The van der Waals surface area contributed by atoms with Gasteiger partial charge in [0.05, 0.1) is 23.8 Å². The van der Waals surface area contributed by atoms with Crippen molar-refractivity contribution >= 4 is 0 Å². The van der Waals surface area contributed by atoms with Crippen LogP contribution in [0.15, 0.2) is 30.6 Å². The number of rotatable bonds is 6. The van der Waals surface area contributed by atoms with Crippen LogP contribution in [0.4, 0.5) is 0 Å². The van der Waals surface area contributed by atoms with E-state index in [1.807, 2.05) is 23.7 Å². The first-order valence-corrected chi connectivity index (χ1v) is 7.95. The van der Waals surface area contributed by atoms with Gasteiger partial charge >= 0.3 is 0 Å². The molecule has 0 radical (unpaired) electrons. The fourth-order valence-electron chi connectivity index (χ4n) is 3.05. The van der Waals surface area contributed by atoms with Gasteiger partial charge in [-0.15, -0.1) is 10.2 Å². The van der Waals surface area contributed by atoms with Crippen LogP contribution < -0.4 is 4.74 Å². The maximum atomic E-state index is 8.82. The van der Waals surface area contributed by atoms with E-state index in [9.17, 15) is 0 Å². The number of likely N-dealkylation sites (tertiary alicyclic amines) is 1. The lowest BCUT2D eigenvalue weighted by molar-refractivity contribution is 0.105. The Labute approximate surface area is 141 Å². The summed E-state index contributed by atoms with van der Waals surface area (Å²) in [6.07, 6.45) is 2.82.